The minimum absolute atomic E-state index is 0.407. The summed E-state index contributed by atoms with van der Waals surface area (Å²) < 4.78 is 5.47. The lowest BCUT2D eigenvalue weighted by Crippen LogP contribution is -2.43. The maximum absolute atomic E-state index is 12.1. The van der Waals surface area contributed by atoms with Crippen LogP contribution in [0.5, 0.6) is 0 Å². The zero-order valence-corrected chi connectivity index (χ0v) is 10.9. The molecule has 0 aliphatic heterocycles. The van der Waals surface area contributed by atoms with Crippen molar-refractivity contribution in [3.05, 3.63) is 0 Å². The monoisotopic (exact) mass is 242 g/mol. The minimum Gasteiger partial charge on any atom is -0.480 e. The maximum Gasteiger partial charge on any atom is 0.324 e. The number of ether oxygens (including phenoxy) is 1. The third kappa shape index (κ3) is 2.61. The van der Waals surface area contributed by atoms with Gasteiger partial charge in [-0.1, -0.05) is 26.7 Å². The second-order valence-corrected chi connectivity index (χ2v) is 5.14. The van der Waals surface area contributed by atoms with Crippen molar-refractivity contribution in [2.24, 2.45) is 5.41 Å². The standard InChI is InChI=1S/C13H22O4/c1-4-12(3,5-2)17-11(16)13(10(14)15)8-6-7-9-13/h4-9H2,1-3H3,(H,14,15). The Morgan fingerprint density at radius 2 is 1.71 bits per heavy atom. The molecule has 0 atom stereocenters. The van der Waals surface area contributed by atoms with Gasteiger partial charge in [-0.2, -0.15) is 0 Å². The van der Waals surface area contributed by atoms with Crippen LogP contribution < -0.4 is 0 Å². The van der Waals surface area contributed by atoms with Gasteiger partial charge in [-0.05, 0) is 32.6 Å². The first kappa shape index (κ1) is 14.0. The lowest BCUT2D eigenvalue weighted by Gasteiger charge is -2.31. The Morgan fingerprint density at radius 3 is 2.06 bits per heavy atom. The van der Waals surface area contributed by atoms with Crippen molar-refractivity contribution in [1.29, 1.82) is 0 Å². The van der Waals surface area contributed by atoms with E-state index >= 15 is 0 Å². The molecule has 0 bridgehead atoms. The van der Waals surface area contributed by atoms with Gasteiger partial charge in [0, 0.05) is 0 Å². The molecule has 1 N–H and O–H groups in total. The molecule has 98 valence electrons. The van der Waals surface area contributed by atoms with Crippen LogP contribution in [-0.2, 0) is 14.3 Å². The van der Waals surface area contributed by atoms with Gasteiger partial charge >= 0.3 is 11.9 Å². The van der Waals surface area contributed by atoms with E-state index in [1.54, 1.807) is 0 Å². The zero-order chi connectivity index (χ0) is 13.1. The van der Waals surface area contributed by atoms with Crippen LogP contribution in [0.2, 0.25) is 0 Å². The number of hydrogen-bond donors (Lipinski definition) is 1. The summed E-state index contributed by atoms with van der Waals surface area (Å²) in [5.74, 6) is -1.58. The largest absolute Gasteiger partial charge is 0.480 e. The number of carboxylic acids is 1. The highest BCUT2D eigenvalue weighted by atomic mass is 16.6. The Labute approximate surface area is 102 Å². The number of carbonyl (C=O) groups is 2. The molecule has 0 aromatic carbocycles. The number of hydrogen-bond acceptors (Lipinski definition) is 3. The molecule has 0 radical (unpaired) electrons. The first-order valence-electron chi connectivity index (χ1n) is 6.37. The number of esters is 1. The van der Waals surface area contributed by atoms with E-state index in [9.17, 15) is 14.7 Å². The van der Waals surface area contributed by atoms with E-state index in [0.717, 1.165) is 12.8 Å². The summed E-state index contributed by atoms with van der Waals surface area (Å²) in [5.41, 5.74) is -1.83. The van der Waals surface area contributed by atoms with Crippen LogP contribution >= 0.6 is 0 Å². The molecule has 1 aliphatic carbocycles. The van der Waals surface area contributed by atoms with Crippen LogP contribution in [0.15, 0.2) is 0 Å². The second-order valence-electron chi connectivity index (χ2n) is 5.14. The van der Waals surface area contributed by atoms with Gasteiger partial charge in [0.1, 0.15) is 5.60 Å². The van der Waals surface area contributed by atoms with Crippen LogP contribution in [-0.4, -0.2) is 22.6 Å². The topological polar surface area (TPSA) is 63.6 Å². The molecule has 4 heteroatoms. The SMILES string of the molecule is CCC(C)(CC)OC(=O)C1(C(=O)O)CCCC1. The molecular weight excluding hydrogens is 220 g/mol. The van der Waals surface area contributed by atoms with Crippen molar-refractivity contribution < 1.29 is 19.4 Å². The third-order valence-electron chi connectivity index (χ3n) is 4.09. The van der Waals surface area contributed by atoms with Gasteiger partial charge in [0.25, 0.3) is 0 Å². The smallest absolute Gasteiger partial charge is 0.324 e. The molecule has 1 saturated carbocycles. The third-order valence-corrected chi connectivity index (χ3v) is 4.09. The summed E-state index contributed by atoms with van der Waals surface area (Å²) >= 11 is 0. The number of aliphatic carboxylic acids is 1. The lowest BCUT2D eigenvalue weighted by atomic mass is 9.86. The summed E-state index contributed by atoms with van der Waals surface area (Å²) in [6.45, 7) is 5.74. The maximum atomic E-state index is 12.1. The van der Waals surface area contributed by atoms with Gasteiger partial charge in [-0.3, -0.25) is 9.59 Å². The van der Waals surface area contributed by atoms with E-state index < -0.39 is 23.0 Å². The Bertz CT molecular complexity index is 299. The fourth-order valence-corrected chi connectivity index (χ4v) is 2.20. The second kappa shape index (κ2) is 5.07. The quantitative estimate of drug-likeness (QED) is 0.594. The molecule has 1 aliphatic rings. The summed E-state index contributed by atoms with van der Waals surface area (Å²) in [5, 5.41) is 9.28. The van der Waals surface area contributed by atoms with Crippen LogP contribution in [0, 0.1) is 5.41 Å². The van der Waals surface area contributed by atoms with E-state index in [1.807, 2.05) is 20.8 Å². The molecule has 1 rings (SSSR count). The predicted octanol–water partition coefficient (Wildman–Crippen LogP) is 2.75. The van der Waals surface area contributed by atoms with Crippen molar-refractivity contribution in [3.8, 4) is 0 Å². The molecule has 1 fully saturated rings. The van der Waals surface area contributed by atoms with Crippen molar-refractivity contribution in [2.45, 2.75) is 64.9 Å². The Balaban J connectivity index is 2.84. The average molecular weight is 242 g/mol. The van der Waals surface area contributed by atoms with Crippen molar-refractivity contribution >= 4 is 11.9 Å². The van der Waals surface area contributed by atoms with E-state index in [1.165, 1.54) is 0 Å². The molecule has 4 nitrogen and oxygen atoms in total. The number of rotatable bonds is 5. The van der Waals surface area contributed by atoms with Crippen molar-refractivity contribution in [2.75, 3.05) is 0 Å². The van der Waals surface area contributed by atoms with Gasteiger partial charge < -0.3 is 9.84 Å². The Morgan fingerprint density at radius 1 is 1.24 bits per heavy atom. The van der Waals surface area contributed by atoms with Gasteiger partial charge in [0.2, 0.25) is 0 Å². The van der Waals surface area contributed by atoms with Crippen LogP contribution in [0.3, 0.4) is 0 Å². The Hall–Kier alpha value is -1.06. The molecule has 0 spiro atoms. The van der Waals surface area contributed by atoms with Crippen molar-refractivity contribution in [1.82, 2.24) is 0 Å². The average Bonchev–Trinajstić information content (AvgIpc) is 2.79. The minimum atomic E-state index is -1.29. The highest BCUT2D eigenvalue weighted by Crippen LogP contribution is 2.41. The van der Waals surface area contributed by atoms with Crippen LogP contribution in [0.25, 0.3) is 0 Å². The van der Waals surface area contributed by atoms with E-state index in [-0.39, 0.29) is 0 Å². The van der Waals surface area contributed by atoms with E-state index in [0.29, 0.717) is 25.7 Å². The van der Waals surface area contributed by atoms with Gasteiger partial charge in [0.05, 0.1) is 0 Å². The molecule has 0 heterocycles. The molecule has 0 amide bonds. The molecule has 0 aromatic heterocycles. The molecular formula is C13H22O4. The number of carboxylic acid groups (broad SMARTS) is 1. The normalized spacial score (nSPS) is 19.0. The molecule has 0 saturated heterocycles. The predicted molar refractivity (Wildman–Crippen MR) is 63.6 cm³/mol. The molecule has 0 unspecified atom stereocenters. The summed E-state index contributed by atoms with van der Waals surface area (Å²) in [4.78, 5) is 23.5. The number of carbonyl (C=O) groups excluding carboxylic acids is 1. The highest BCUT2D eigenvalue weighted by Gasteiger charge is 2.51. The summed E-state index contributed by atoms with van der Waals surface area (Å²) in [6, 6.07) is 0. The van der Waals surface area contributed by atoms with Gasteiger partial charge in [-0.25, -0.2) is 0 Å². The first-order valence-corrected chi connectivity index (χ1v) is 6.37. The molecule has 17 heavy (non-hydrogen) atoms. The summed E-state index contributed by atoms with van der Waals surface area (Å²) in [7, 11) is 0. The summed E-state index contributed by atoms with van der Waals surface area (Å²) in [6.07, 6.45) is 3.79. The lowest BCUT2D eigenvalue weighted by molar-refractivity contribution is -0.179. The van der Waals surface area contributed by atoms with Crippen LogP contribution in [0.4, 0.5) is 0 Å². The zero-order valence-electron chi connectivity index (χ0n) is 10.9. The fourth-order valence-electron chi connectivity index (χ4n) is 2.20. The van der Waals surface area contributed by atoms with E-state index in [4.69, 9.17) is 4.74 Å². The Kier molecular flexibility index (Phi) is 4.17. The molecule has 0 aromatic rings. The fraction of sp³-hybridized carbons (Fsp3) is 0.846. The van der Waals surface area contributed by atoms with Crippen LogP contribution in [0.1, 0.15) is 59.3 Å². The highest BCUT2D eigenvalue weighted by molar-refractivity contribution is 5.99. The van der Waals surface area contributed by atoms with Crippen molar-refractivity contribution in [3.63, 3.8) is 0 Å². The first-order chi connectivity index (χ1) is 7.90. The van der Waals surface area contributed by atoms with Gasteiger partial charge in [-0.15, -0.1) is 0 Å². The van der Waals surface area contributed by atoms with Gasteiger partial charge in [0.15, 0.2) is 5.41 Å². The van der Waals surface area contributed by atoms with E-state index in [2.05, 4.69) is 0 Å².